The van der Waals surface area contributed by atoms with Gasteiger partial charge in [0, 0.05) is 18.5 Å². The van der Waals surface area contributed by atoms with Crippen molar-refractivity contribution in [3.8, 4) is 17.3 Å². The van der Waals surface area contributed by atoms with Gasteiger partial charge in [0.1, 0.15) is 18.1 Å². The van der Waals surface area contributed by atoms with Gasteiger partial charge in [-0.1, -0.05) is 6.07 Å². The summed E-state index contributed by atoms with van der Waals surface area (Å²) in [6.45, 7) is 2.48. The summed E-state index contributed by atoms with van der Waals surface area (Å²) in [5, 5.41) is 15.5. The Balaban J connectivity index is 1.54. The van der Waals surface area contributed by atoms with Crippen LogP contribution in [0.1, 0.15) is 6.92 Å². The van der Waals surface area contributed by atoms with Crippen molar-refractivity contribution >= 4 is 5.65 Å². The molecule has 0 aliphatic carbocycles. The smallest absolute Gasteiger partial charge is 0.214 e. The molecule has 4 aromatic heterocycles. The molecule has 0 spiro atoms. The van der Waals surface area contributed by atoms with Gasteiger partial charge in [-0.15, -0.1) is 5.10 Å². The van der Waals surface area contributed by atoms with E-state index in [1.54, 1.807) is 27.9 Å². The summed E-state index contributed by atoms with van der Waals surface area (Å²) in [6, 6.07) is 9.39. The van der Waals surface area contributed by atoms with Gasteiger partial charge in [0.2, 0.25) is 5.88 Å². The summed E-state index contributed by atoms with van der Waals surface area (Å²) in [5.74, 6) is 0.528. The molecule has 4 aromatic rings. The van der Waals surface area contributed by atoms with Crippen LogP contribution in [0.25, 0.3) is 17.0 Å². The molecule has 4 heterocycles. The fraction of sp³-hybridized carbons (Fsp3) is 0.200. The van der Waals surface area contributed by atoms with Crippen LogP contribution in [0.4, 0.5) is 0 Å². The Kier molecular flexibility index (Phi) is 3.58. The van der Waals surface area contributed by atoms with Crippen LogP contribution < -0.4 is 4.74 Å². The number of tetrazole rings is 1. The van der Waals surface area contributed by atoms with Crippen LogP contribution in [-0.2, 0) is 6.54 Å². The Bertz CT molecular complexity index is 949. The number of rotatable bonds is 5. The van der Waals surface area contributed by atoms with Gasteiger partial charge in [-0.25, -0.2) is 19.2 Å². The van der Waals surface area contributed by atoms with E-state index in [1.807, 2.05) is 37.3 Å². The standard InChI is InChI=1S/C15H14N8O/c1-11(9-22-10-17-20-21-22)24-15-4-2-3-12(18-15)13-5-6-14-16-7-8-23(14)19-13/h2-8,10-11H,9H2,1H3/t11-/m0/s1. The third kappa shape index (κ3) is 2.91. The number of hydrogen-bond acceptors (Lipinski definition) is 7. The molecule has 0 unspecified atom stereocenters. The van der Waals surface area contributed by atoms with E-state index in [1.165, 1.54) is 0 Å². The molecule has 0 amide bonds. The maximum atomic E-state index is 5.85. The molecule has 4 rings (SSSR count). The minimum atomic E-state index is -0.125. The average molecular weight is 322 g/mol. The zero-order valence-corrected chi connectivity index (χ0v) is 12.9. The van der Waals surface area contributed by atoms with Gasteiger partial charge >= 0.3 is 0 Å². The van der Waals surface area contributed by atoms with E-state index in [0.29, 0.717) is 12.4 Å². The summed E-state index contributed by atoms with van der Waals surface area (Å²) < 4.78 is 9.18. The van der Waals surface area contributed by atoms with Crippen molar-refractivity contribution in [3.05, 3.63) is 49.1 Å². The van der Waals surface area contributed by atoms with E-state index < -0.39 is 0 Å². The van der Waals surface area contributed by atoms with E-state index in [-0.39, 0.29) is 6.10 Å². The second kappa shape index (κ2) is 6.03. The molecule has 1 atom stereocenters. The fourth-order valence-electron chi connectivity index (χ4n) is 2.35. The third-order valence-electron chi connectivity index (χ3n) is 3.40. The zero-order valence-electron chi connectivity index (χ0n) is 12.9. The summed E-state index contributed by atoms with van der Waals surface area (Å²) in [4.78, 5) is 8.71. The van der Waals surface area contributed by atoms with Crippen molar-refractivity contribution in [1.82, 2.24) is 39.8 Å². The van der Waals surface area contributed by atoms with Gasteiger partial charge in [0.15, 0.2) is 5.65 Å². The Hall–Kier alpha value is -3.36. The summed E-state index contributed by atoms with van der Waals surface area (Å²) in [6.07, 6.45) is 4.93. The van der Waals surface area contributed by atoms with Crippen LogP contribution in [0.3, 0.4) is 0 Å². The Labute approximate surface area is 136 Å². The van der Waals surface area contributed by atoms with E-state index in [2.05, 4.69) is 30.6 Å². The number of nitrogens with zero attached hydrogens (tertiary/aromatic N) is 8. The Morgan fingerprint density at radius 1 is 1.17 bits per heavy atom. The predicted molar refractivity (Wildman–Crippen MR) is 84.1 cm³/mol. The van der Waals surface area contributed by atoms with Gasteiger partial charge < -0.3 is 4.74 Å². The monoisotopic (exact) mass is 322 g/mol. The van der Waals surface area contributed by atoms with Crippen molar-refractivity contribution in [1.29, 1.82) is 0 Å². The van der Waals surface area contributed by atoms with Gasteiger partial charge in [-0.2, -0.15) is 5.10 Å². The van der Waals surface area contributed by atoms with Crippen LogP contribution >= 0.6 is 0 Å². The second-order valence-electron chi connectivity index (χ2n) is 5.27. The molecular formula is C15H14N8O. The first-order valence-electron chi connectivity index (χ1n) is 7.43. The van der Waals surface area contributed by atoms with Crippen LogP contribution in [0.5, 0.6) is 5.88 Å². The van der Waals surface area contributed by atoms with Gasteiger partial charge in [-0.05, 0) is 35.5 Å². The van der Waals surface area contributed by atoms with Crippen molar-refractivity contribution < 1.29 is 4.74 Å². The summed E-state index contributed by atoms with van der Waals surface area (Å²) >= 11 is 0. The lowest BCUT2D eigenvalue weighted by molar-refractivity contribution is 0.185. The predicted octanol–water partition coefficient (Wildman–Crippen LogP) is 1.25. The number of fused-ring (bicyclic) bond motifs is 1. The topological polar surface area (TPSA) is 95.9 Å². The van der Waals surface area contributed by atoms with Crippen LogP contribution in [-0.4, -0.2) is 45.9 Å². The second-order valence-corrected chi connectivity index (χ2v) is 5.27. The highest BCUT2D eigenvalue weighted by atomic mass is 16.5. The lowest BCUT2D eigenvalue weighted by Crippen LogP contribution is -2.20. The fourth-order valence-corrected chi connectivity index (χ4v) is 2.35. The molecule has 0 fully saturated rings. The SMILES string of the molecule is C[C@@H](Cn1cnnn1)Oc1cccc(-c2ccc3nccn3n2)n1. The first-order chi connectivity index (χ1) is 11.8. The maximum Gasteiger partial charge on any atom is 0.214 e. The first-order valence-corrected chi connectivity index (χ1v) is 7.43. The lowest BCUT2D eigenvalue weighted by Gasteiger charge is -2.13. The zero-order chi connectivity index (χ0) is 16.4. The molecule has 0 saturated heterocycles. The molecule has 24 heavy (non-hydrogen) atoms. The molecule has 0 aliphatic rings. The number of aromatic nitrogens is 8. The van der Waals surface area contributed by atoms with Crippen molar-refractivity contribution in [2.24, 2.45) is 0 Å². The van der Waals surface area contributed by atoms with Crippen LogP contribution in [0, 0.1) is 0 Å². The van der Waals surface area contributed by atoms with Crippen molar-refractivity contribution in [3.63, 3.8) is 0 Å². The number of pyridine rings is 1. The molecule has 0 N–H and O–H groups in total. The average Bonchev–Trinajstić information content (AvgIpc) is 3.25. The van der Waals surface area contributed by atoms with Gasteiger partial charge in [0.25, 0.3) is 0 Å². The number of ether oxygens (including phenoxy) is 1. The molecule has 0 radical (unpaired) electrons. The van der Waals surface area contributed by atoms with Gasteiger partial charge in [-0.3, -0.25) is 0 Å². The minimum Gasteiger partial charge on any atom is -0.473 e. The number of hydrogen-bond donors (Lipinski definition) is 0. The van der Waals surface area contributed by atoms with Crippen LogP contribution in [0.15, 0.2) is 49.1 Å². The molecule has 9 heteroatoms. The Morgan fingerprint density at radius 3 is 3.00 bits per heavy atom. The van der Waals surface area contributed by atoms with E-state index in [9.17, 15) is 0 Å². The highest BCUT2D eigenvalue weighted by Gasteiger charge is 2.09. The Morgan fingerprint density at radius 2 is 2.12 bits per heavy atom. The highest BCUT2D eigenvalue weighted by Crippen LogP contribution is 2.19. The summed E-state index contributed by atoms with van der Waals surface area (Å²) in [7, 11) is 0. The first kappa shape index (κ1) is 14.2. The molecular weight excluding hydrogens is 308 g/mol. The van der Waals surface area contributed by atoms with Crippen molar-refractivity contribution in [2.75, 3.05) is 0 Å². The normalized spacial score (nSPS) is 12.4. The molecule has 120 valence electrons. The van der Waals surface area contributed by atoms with Crippen molar-refractivity contribution in [2.45, 2.75) is 19.6 Å². The number of imidazole rings is 1. The lowest BCUT2D eigenvalue weighted by atomic mass is 10.2. The third-order valence-corrected chi connectivity index (χ3v) is 3.40. The minimum absolute atomic E-state index is 0.125. The van der Waals surface area contributed by atoms with E-state index >= 15 is 0 Å². The summed E-state index contributed by atoms with van der Waals surface area (Å²) in [5.41, 5.74) is 2.28. The highest BCUT2D eigenvalue weighted by molar-refractivity contribution is 5.56. The molecule has 0 aliphatic heterocycles. The quantitative estimate of drug-likeness (QED) is 0.545. The van der Waals surface area contributed by atoms with E-state index in [0.717, 1.165) is 17.0 Å². The maximum absolute atomic E-state index is 5.85. The molecule has 0 aromatic carbocycles. The molecule has 0 saturated carbocycles. The van der Waals surface area contributed by atoms with Crippen LogP contribution in [0.2, 0.25) is 0 Å². The van der Waals surface area contributed by atoms with Gasteiger partial charge in [0.05, 0.1) is 12.2 Å². The molecule has 0 bridgehead atoms. The van der Waals surface area contributed by atoms with E-state index in [4.69, 9.17) is 4.74 Å². The molecule has 9 nitrogen and oxygen atoms in total. The largest absolute Gasteiger partial charge is 0.473 e.